The van der Waals surface area contributed by atoms with Gasteiger partial charge in [0.15, 0.2) is 0 Å². The molecule has 0 radical (unpaired) electrons. The summed E-state index contributed by atoms with van der Waals surface area (Å²) < 4.78 is 56.5. The lowest BCUT2D eigenvalue weighted by molar-refractivity contribution is -0.167. The Labute approximate surface area is 150 Å². The Balaban J connectivity index is 0.00000141. The van der Waals surface area contributed by atoms with E-state index in [-0.39, 0.29) is 5.69 Å². The van der Waals surface area contributed by atoms with Crippen molar-refractivity contribution in [2.75, 3.05) is 19.5 Å². The van der Waals surface area contributed by atoms with Crippen molar-refractivity contribution in [3.63, 3.8) is 0 Å². The second kappa shape index (κ2) is 10.4. The minimum absolute atomic E-state index is 0.0139. The lowest BCUT2D eigenvalue weighted by Crippen LogP contribution is -2.30. The molecule has 0 atom stereocenters. The second-order valence-electron chi connectivity index (χ2n) is 5.06. The Morgan fingerprint density at radius 1 is 1.15 bits per heavy atom. The Hall–Kier alpha value is -1.74. The molecular weight excluding hydrogens is 378 g/mol. The van der Waals surface area contributed by atoms with Crippen molar-refractivity contribution in [1.29, 1.82) is 0 Å². The molecular formula is C15H22F3NO6P+. The van der Waals surface area contributed by atoms with Crippen molar-refractivity contribution in [2.24, 2.45) is 0 Å². The smallest absolute Gasteiger partial charge is 0.497 e. The van der Waals surface area contributed by atoms with E-state index in [4.69, 9.17) is 23.8 Å². The minimum Gasteiger partial charge on any atom is -0.497 e. The summed E-state index contributed by atoms with van der Waals surface area (Å²) >= 11 is 0. The summed E-state index contributed by atoms with van der Waals surface area (Å²) in [5.41, 5.74) is 0.0171. The van der Waals surface area contributed by atoms with Gasteiger partial charge in [0.2, 0.25) is 0 Å². The van der Waals surface area contributed by atoms with Gasteiger partial charge in [0.05, 0.1) is 12.7 Å². The van der Waals surface area contributed by atoms with E-state index < -0.39 is 25.9 Å². The van der Waals surface area contributed by atoms with Crippen LogP contribution in [0.15, 0.2) is 18.2 Å². The quantitative estimate of drug-likeness (QED) is 0.632. The number of nitrogens with one attached hydrogen (secondary N) is 1. The molecule has 0 unspecified atom stereocenters. The van der Waals surface area contributed by atoms with Gasteiger partial charge < -0.3 is 14.8 Å². The van der Waals surface area contributed by atoms with Crippen molar-refractivity contribution in [2.45, 2.75) is 38.5 Å². The van der Waals surface area contributed by atoms with Crippen molar-refractivity contribution in [3.05, 3.63) is 23.8 Å². The van der Waals surface area contributed by atoms with Gasteiger partial charge >= 0.3 is 20.3 Å². The number of rotatable bonds is 6. The molecule has 0 aliphatic rings. The molecule has 1 amide bonds. The Morgan fingerprint density at radius 2 is 1.65 bits per heavy atom. The van der Waals surface area contributed by atoms with Gasteiger partial charge in [-0.3, -0.25) is 4.79 Å². The number of hydrogen-bond donors (Lipinski definition) is 3. The first-order valence-corrected chi connectivity index (χ1v) is 8.60. The van der Waals surface area contributed by atoms with Crippen LogP contribution >= 0.6 is 8.25 Å². The summed E-state index contributed by atoms with van der Waals surface area (Å²) in [6.07, 6.45) is -3.70. The number of benzene rings is 1. The first-order valence-electron chi connectivity index (χ1n) is 7.43. The normalized spacial score (nSPS) is 11.3. The van der Waals surface area contributed by atoms with Crippen LogP contribution in [0.3, 0.4) is 0 Å². The summed E-state index contributed by atoms with van der Waals surface area (Å²) in [6.45, 7) is 3.83. The number of carbonyl (C=O) groups excluding carboxylic acids is 1. The molecule has 0 aromatic heterocycles. The van der Waals surface area contributed by atoms with E-state index in [2.05, 4.69) is 0 Å². The highest BCUT2D eigenvalue weighted by Gasteiger charge is 2.39. The van der Waals surface area contributed by atoms with Gasteiger partial charge in [-0.05, 0) is 30.5 Å². The first-order chi connectivity index (χ1) is 12.0. The molecule has 7 nitrogen and oxygen atoms in total. The number of hydrogen-bond acceptors (Lipinski definition) is 4. The van der Waals surface area contributed by atoms with E-state index in [1.165, 1.54) is 19.2 Å². The van der Waals surface area contributed by atoms with Gasteiger partial charge in [-0.2, -0.15) is 13.2 Å². The highest BCUT2D eigenvalue weighted by Crippen LogP contribution is 2.36. The van der Waals surface area contributed by atoms with E-state index in [9.17, 15) is 18.0 Å². The van der Waals surface area contributed by atoms with Crippen molar-refractivity contribution in [3.8, 4) is 5.75 Å². The molecule has 11 heteroatoms. The molecule has 1 rings (SSSR count). The SMILES string of the molecule is CCC(CC)(OC)c1cc(NC(=O)C(F)(F)F)cc(OC)c1.O=[P+](O)O. The van der Waals surface area contributed by atoms with Crippen LogP contribution in [0.1, 0.15) is 32.3 Å². The second-order valence-corrected chi connectivity index (χ2v) is 5.57. The molecule has 148 valence electrons. The zero-order valence-electron chi connectivity index (χ0n) is 14.8. The average Bonchev–Trinajstić information content (AvgIpc) is 2.55. The lowest BCUT2D eigenvalue weighted by Gasteiger charge is -2.31. The van der Waals surface area contributed by atoms with Gasteiger partial charge in [-0.25, -0.2) is 0 Å². The molecule has 0 fully saturated rings. The van der Waals surface area contributed by atoms with Gasteiger partial charge in [-0.1, -0.05) is 13.8 Å². The number of alkyl halides is 3. The van der Waals surface area contributed by atoms with Crippen LogP contribution in [0, 0.1) is 0 Å². The van der Waals surface area contributed by atoms with Crippen molar-refractivity contribution < 1.29 is 41.8 Å². The Kier molecular flexibility index (Phi) is 9.72. The standard InChI is InChI=1S/C15H20F3NO3.HO3P/c1-5-14(6-2,22-4)10-7-11(9-12(8-10)21-3)19-13(20)15(16,17)18;1-4(2)3/h7-9H,5-6H2,1-4H3,(H,19,20);(H-,1,2,3)/p+1. The Morgan fingerprint density at radius 3 is 2.00 bits per heavy atom. The van der Waals surface area contributed by atoms with Crippen molar-refractivity contribution >= 4 is 19.8 Å². The van der Waals surface area contributed by atoms with Gasteiger partial charge in [0.25, 0.3) is 0 Å². The third-order valence-electron chi connectivity index (χ3n) is 3.72. The number of halogens is 3. The molecule has 0 aliphatic carbocycles. The first kappa shape index (κ1) is 24.3. The summed E-state index contributed by atoms with van der Waals surface area (Å²) in [5.74, 6) is -1.68. The molecule has 0 aliphatic heterocycles. The molecule has 0 bridgehead atoms. The predicted molar refractivity (Wildman–Crippen MR) is 89.0 cm³/mol. The van der Waals surface area contributed by atoms with Gasteiger partial charge in [-0.15, -0.1) is 9.79 Å². The fraction of sp³-hybridized carbons (Fsp3) is 0.533. The third-order valence-corrected chi connectivity index (χ3v) is 3.72. The summed E-state index contributed by atoms with van der Waals surface area (Å²) in [4.78, 5) is 25.3. The van der Waals surface area contributed by atoms with Crippen LogP contribution in [0.5, 0.6) is 5.75 Å². The molecule has 26 heavy (non-hydrogen) atoms. The van der Waals surface area contributed by atoms with E-state index >= 15 is 0 Å². The maximum Gasteiger partial charge on any atom is 0.692 e. The highest BCUT2D eigenvalue weighted by atomic mass is 31.1. The molecule has 1 aromatic rings. The summed E-state index contributed by atoms with van der Waals surface area (Å²) in [7, 11) is 0.0754. The molecule has 1 aromatic carbocycles. The van der Waals surface area contributed by atoms with Crippen LogP contribution in [-0.4, -0.2) is 36.1 Å². The number of carbonyl (C=O) groups is 1. The number of methoxy groups -OCH3 is 2. The summed E-state index contributed by atoms with van der Waals surface area (Å²) in [6, 6.07) is 4.50. The Bertz CT molecular complexity index is 608. The van der Waals surface area contributed by atoms with E-state index in [0.29, 0.717) is 24.2 Å². The highest BCUT2D eigenvalue weighted by molar-refractivity contribution is 7.30. The fourth-order valence-corrected chi connectivity index (χ4v) is 2.32. The minimum atomic E-state index is -4.95. The van der Waals surface area contributed by atoms with E-state index in [0.717, 1.165) is 0 Å². The number of amides is 1. The number of anilines is 1. The zero-order valence-corrected chi connectivity index (χ0v) is 15.6. The fourth-order valence-electron chi connectivity index (χ4n) is 2.32. The third kappa shape index (κ3) is 7.25. The largest absolute Gasteiger partial charge is 0.692 e. The van der Waals surface area contributed by atoms with Gasteiger partial charge in [0, 0.05) is 23.4 Å². The monoisotopic (exact) mass is 400 g/mol. The van der Waals surface area contributed by atoms with Crippen LogP contribution in [0.25, 0.3) is 0 Å². The van der Waals surface area contributed by atoms with Crippen LogP contribution in [0.4, 0.5) is 18.9 Å². The maximum absolute atomic E-state index is 12.4. The van der Waals surface area contributed by atoms with E-state index in [1.54, 1.807) is 13.2 Å². The lowest BCUT2D eigenvalue weighted by atomic mass is 9.88. The average molecular weight is 400 g/mol. The van der Waals surface area contributed by atoms with Crippen LogP contribution < -0.4 is 10.1 Å². The van der Waals surface area contributed by atoms with Gasteiger partial charge in [0.1, 0.15) is 5.75 Å². The molecule has 0 saturated carbocycles. The molecule has 0 saturated heterocycles. The van der Waals surface area contributed by atoms with Crippen LogP contribution in [0.2, 0.25) is 0 Å². The molecule has 0 spiro atoms. The molecule has 3 N–H and O–H groups in total. The zero-order chi connectivity index (χ0) is 20.5. The molecule has 0 heterocycles. The van der Waals surface area contributed by atoms with E-state index in [1.807, 2.05) is 19.2 Å². The topological polar surface area (TPSA) is 105 Å². The maximum atomic E-state index is 12.4. The number of ether oxygens (including phenoxy) is 2. The van der Waals surface area contributed by atoms with Crippen LogP contribution in [-0.2, 0) is 19.7 Å². The predicted octanol–water partition coefficient (Wildman–Crippen LogP) is 3.49. The summed E-state index contributed by atoms with van der Waals surface area (Å²) in [5, 5.41) is 1.84. The van der Waals surface area contributed by atoms with Crippen molar-refractivity contribution in [1.82, 2.24) is 0 Å².